The number of thioether (sulfide) groups is 1. The second-order valence-electron chi connectivity index (χ2n) is 7.93. The minimum atomic E-state index is -0.291. The van der Waals surface area contributed by atoms with Gasteiger partial charge in [-0.1, -0.05) is 23.9 Å². The SMILES string of the molecule is COCCCn1c(SCC(=O)N2c3ccc(F)cc3CCC2C)nc2ccccc2c1=O. The van der Waals surface area contributed by atoms with E-state index >= 15 is 0 Å². The number of benzene rings is 2. The number of hydrogen-bond donors (Lipinski definition) is 0. The third-order valence-electron chi connectivity index (χ3n) is 5.72. The molecule has 8 heteroatoms. The number of ether oxygens (including phenoxy) is 1. The molecule has 32 heavy (non-hydrogen) atoms. The fraction of sp³-hybridized carbons (Fsp3) is 0.375. The van der Waals surface area contributed by atoms with Gasteiger partial charge in [-0.3, -0.25) is 14.2 Å². The lowest BCUT2D eigenvalue weighted by Gasteiger charge is -2.35. The van der Waals surface area contributed by atoms with Crippen LogP contribution in [0.4, 0.5) is 10.1 Å². The molecule has 168 valence electrons. The second kappa shape index (κ2) is 9.83. The molecule has 0 saturated carbocycles. The van der Waals surface area contributed by atoms with Gasteiger partial charge in [0.15, 0.2) is 5.16 Å². The molecule has 0 aliphatic carbocycles. The maximum absolute atomic E-state index is 13.7. The number of methoxy groups -OCH3 is 1. The van der Waals surface area contributed by atoms with Gasteiger partial charge in [-0.25, -0.2) is 9.37 Å². The van der Waals surface area contributed by atoms with E-state index in [-0.39, 0.29) is 29.1 Å². The summed E-state index contributed by atoms with van der Waals surface area (Å²) in [5.41, 5.74) is 2.11. The molecule has 0 fully saturated rings. The number of carbonyl (C=O) groups excluding carboxylic acids is 1. The van der Waals surface area contributed by atoms with Crippen molar-refractivity contribution in [1.29, 1.82) is 0 Å². The molecule has 1 aromatic heterocycles. The first-order valence-corrected chi connectivity index (χ1v) is 11.7. The summed E-state index contributed by atoms with van der Waals surface area (Å²) in [4.78, 5) is 32.7. The van der Waals surface area contributed by atoms with Gasteiger partial charge in [0.25, 0.3) is 5.56 Å². The predicted molar refractivity (Wildman–Crippen MR) is 125 cm³/mol. The molecule has 0 saturated heterocycles. The van der Waals surface area contributed by atoms with Crippen molar-refractivity contribution in [2.24, 2.45) is 0 Å². The summed E-state index contributed by atoms with van der Waals surface area (Å²) in [6.45, 7) is 2.99. The molecule has 0 radical (unpaired) electrons. The fourth-order valence-corrected chi connectivity index (χ4v) is 5.00. The minimum absolute atomic E-state index is 0.0227. The van der Waals surface area contributed by atoms with Crippen LogP contribution < -0.4 is 10.5 Å². The summed E-state index contributed by atoms with van der Waals surface area (Å²) in [5.74, 6) is -0.239. The van der Waals surface area contributed by atoms with Crippen molar-refractivity contribution in [3.63, 3.8) is 0 Å². The Morgan fingerprint density at radius 2 is 2.09 bits per heavy atom. The Morgan fingerprint density at radius 3 is 2.91 bits per heavy atom. The molecule has 0 N–H and O–H groups in total. The number of nitrogens with zero attached hydrogens (tertiary/aromatic N) is 3. The first-order chi connectivity index (χ1) is 15.5. The highest BCUT2D eigenvalue weighted by atomic mass is 32.2. The Morgan fingerprint density at radius 1 is 1.28 bits per heavy atom. The first-order valence-electron chi connectivity index (χ1n) is 10.7. The molecule has 1 unspecified atom stereocenters. The molecule has 2 aromatic carbocycles. The lowest BCUT2D eigenvalue weighted by molar-refractivity contribution is -0.116. The normalized spacial score (nSPS) is 15.7. The summed E-state index contributed by atoms with van der Waals surface area (Å²) in [5, 5.41) is 1.07. The highest BCUT2D eigenvalue weighted by molar-refractivity contribution is 7.99. The molecule has 0 bridgehead atoms. The first kappa shape index (κ1) is 22.5. The van der Waals surface area contributed by atoms with Crippen LogP contribution in [0.3, 0.4) is 0 Å². The lowest BCUT2D eigenvalue weighted by atomic mass is 9.96. The standard InChI is InChI=1S/C24H26FN3O3S/c1-16-8-9-17-14-18(25)10-11-21(17)28(16)22(29)15-32-24-26-20-7-4-3-6-19(20)23(30)27(24)12-5-13-31-2/h3-4,6-7,10-11,14,16H,5,8-9,12-13,15H2,1-2H3. The number of anilines is 1. The molecule has 1 aliphatic heterocycles. The topological polar surface area (TPSA) is 64.4 Å². The maximum Gasteiger partial charge on any atom is 0.262 e. The Balaban J connectivity index is 1.60. The van der Waals surface area contributed by atoms with E-state index in [1.807, 2.05) is 19.1 Å². The Kier molecular flexibility index (Phi) is 6.91. The van der Waals surface area contributed by atoms with Gasteiger partial charge in [0, 0.05) is 32.0 Å². The zero-order chi connectivity index (χ0) is 22.7. The molecule has 2 heterocycles. The van der Waals surface area contributed by atoms with Gasteiger partial charge in [-0.05, 0) is 62.1 Å². The number of halogens is 1. The van der Waals surface area contributed by atoms with E-state index in [0.717, 1.165) is 24.1 Å². The van der Waals surface area contributed by atoms with E-state index in [1.165, 1.54) is 23.9 Å². The zero-order valence-corrected chi connectivity index (χ0v) is 19.0. The van der Waals surface area contributed by atoms with E-state index < -0.39 is 0 Å². The Hall–Kier alpha value is -2.71. The monoisotopic (exact) mass is 455 g/mol. The van der Waals surface area contributed by atoms with Crippen molar-refractivity contribution >= 4 is 34.3 Å². The van der Waals surface area contributed by atoms with Gasteiger partial charge in [0.05, 0.1) is 16.7 Å². The Bertz CT molecular complexity index is 1200. The highest BCUT2D eigenvalue weighted by Crippen LogP contribution is 2.32. The van der Waals surface area contributed by atoms with E-state index in [2.05, 4.69) is 4.98 Å². The fourth-order valence-electron chi connectivity index (χ4n) is 4.12. The third kappa shape index (κ3) is 4.56. The van der Waals surface area contributed by atoms with Crippen LogP contribution in [0.1, 0.15) is 25.3 Å². The van der Waals surface area contributed by atoms with E-state index in [9.17, 15) is 14.0 Å². The number of rotatable bonds is 7. The molecule has 1 atom stereocenters. The number of hydrogen-bond acceptors (Lipinski definition) is 5. The van der Waals surface area contributed by atoms with Gasteiger partial charge in [-0.15, -0.1) is 0 Å². The second-order valence-corrected chi connectivity index (χ2v) is 8.87. The molecule has 0 spiro atoms. The smallest absolute Gasteiger partial charge is 0.262 e. The van der Waals surface area contributed by atoms with Gasteiger partial charge < -0.3 is 9.64 Å². The van der Waals surface area contributed by atoms with Crippen molar-refractivity contribution in [3.8, 4) is 0 Å². The van der Waals surface area contributed by atoms with Crippen LogP contribution in [-0.4, -0.2) is 41.0 Å². The van der Waals surface area contributed by atoms with Crippen LogP contribution in [0, 0.1) is 5.82 Å². The average Bonchev–Trinajstić information content (AvgIpc) is 2.79. The number of aryl methyl sites for hydroxylation is 1. The molecule has 6 nitrogen and oxygen atoms in total. The van der Waals surface area contributed by atoms with Gasteiger partial charge in [-0.2, -0.15) is 0 Å². The van der Waals surface area contributed by atoms with Crippen LogP contribution in [0.5, 0.6) is 0 Å². The predicted octanol–water partition coefficient (Wildman–Crippen LogP) is 4.03. The summed E-state index contributed by atoms with van der Waals surface area (Å²) in [6, 6.07) is 11.8. The van der Waals surface area contributed by atoms with E-state index in [1.54, 1.807) is 34.8 Å². The third-order valence-corrected chi connectivity index (χ3v) is 6.68. The Labute approximate surface area is 190 Å². The lowest BCUT2D eigenvalue weighted by Crippen LogP contribution is -2.43. The maximum atomic E-state index is 13.7. The number of aromatic nitrogens is 2. The van der Waals surface area contributed by atoms with Crippen LogP contribution in [0.25, 0.3) is 10.9 Å². The number of fused-ring (bicyclic) bond motifs is 2. The summed E-state index contributed by atoms with van der Waals surface area (Å²) in [7, 11) is 1.62. The summed E-state index contributed by atoms with van der Waals surface area (Å²) < 4.78 is 20.4. The van der Waals surface area contributed by atoms with Crippen molar-refractivity contribution < 1.29 is 13.9 Å². The number of carbonyl (C=O) groups is 1. The van der Waals surface area contributed by atoms with Crippen LogP contribution in [0.2, 0.25) is 0 Å². The average molecular weight is 456 g/mol. The summed E-state index contributed by atoms with van der Waals surface area (Å²) in [6.07, 6.45) is 2.19. The van der Waals surface area contributed by atoms with Gasteiger partial charge >= 0.3 is 0 Å². The van der Waals surface area contributed by atoms with Crippen molar-refractivity contribution in [1.82, 2.24) is 9.55 Å². The summed E-state index contributed by atoms with van der Waals surface area (Å²) >= 11 is 1.26. The highest BCUT2D eigenvalue weighted by Gasteiger charge is 2.28. The van der Waals surface area contributed by atoms with Crippen LogP contribution in [-0.2, 0) is 22.5 Å². The molecular weight excluding hydrogens is 429 g/mol. The molecule has 4 rings (SSSR count). The van der Waals surface area contributed by atoms with Crippen LogP contribution >= 0.6 is 11.8 Å². The molecule has 3 aromatic rings. The van der Waals surface area contributed by atoms with Crippen molar-refractivity contribution in [2.75, 3.05) is 24.4 Å². The molecule has 1 aliphatic rings. The number of para-hydroxylation sites is 1. The largest absolute Gasteiger partial charge is 0.385 e. The number of amides is 1. The van der Waals surface area contributed by atoms with E-state index in [0.29, 0.717) is 35.6 Å². The minimum Gasteiger partial charge on any atom is -0.385 e. The van der Waals surface area contributed by atoms with Gasteiger partial charge in [0.2, 0.25) is 5.91 Å². The molecule has 1 amide bonds. The zero-order valence-electron chi connectivity index (χ0n) is 18.2. The van der Waals surface area contributed by atoms with Gasteiger partial charge in [0.1, 0.15) is 5.82 Å². The van der Waals surface area contributed by atoms with Crippen LogP contribution in [0.15, 0.2) is 52.4 Å². The van der Waals surface area contributed by atoms with Crippen molar-refractivity contribution in [2.45, 2.75) is 43.9 Å². The van der Waals surface area contributed by atoms with E-state index in [4.69, 9.17) is 4.74 Å². The molecular formula is C24H26FN3O3S. The van der Waals surface area contributed by atoms with Crippen molar-refractivity contribution in [3.05, 3.63) is 64.2 Å². The quantitative estimate of drug-likeness (QED) is 0.306.